The van der Waals surface area contributed by atoms with Crippen LogP contribution in [0.4, 0.5) is 11.5 Å². The predicted octanol–water partition coefficient (Wildman–Crippen LogP) is 2.96. The average Bonchev–Trinajstić information content (AvgIpc) is 2.33. The summed E-state index contributed by atoms with van der Waals surface area (Å²) in [6, 6.07) is 0. The van der Waals surface area contributed by atoms with Gasteiger partial charge in [-0.25, -0.2) is 4.98 Å². The van der Waals surface area contributed by atoms with Gasteiger partial charge >= 0.3 is 0 Å². The Balaban J connectivity index is 2.35. The van der Waals surface area contributed by atoms with Crippen molar-refractivity contribution in [3.63, 3.8) is 0 Å². The highest BCUT2D eigenvalue weighted by Gasteiger charge is 2.06. The molecule has 1 aromatic heterocycles. The molecular formula is C12H20BrN3O. The second kappa shape index (κ2) is 7.50. The number of ether oxygens (including phenoxy) is 1. The van der Waals surface area contributed by atoms with Gasteiger partial charge in [0.2, 0.25) is 0 Å². The quantitative estimate of drug-likeness (QED) is 0.760. The van der Waals surface area contributed by atoms with Crippen LogP contribution in [0.1, 0.15) is 25.3 Å². The lowest BCUT2D eigenvalue weighted by atomic mass is 10.2. The third-order valence-electron chi connectivity index (χ3n) is 2.41. The zero-order chi connectivity index (χ0) is 12.7. The number of halogens is 1. The van der Waals surface area contributed by atoms with E-state index in [-0.39, 0.29) is 0 Å². The fraction of sp³-hybridized carbons (Fsp3) is 0.583. The minimum absolute atomic E-state index is 0.703. The van der Waals surface area contributed by atoms with Crippen LogP contribution in [0.3, 0.4) is 0 Å². The highest BCUT2D eigenvalue weighted by molar-refractivity contribution is 9.10. The number of anilines is 2. The van der Waals surface area contributed by atoms with Crippen LogP contribution in [0.2, 0.25) is 0 Å². The molecule has 1 rings (SSSR count). The lowest BCUT2D eigenvalue weighted by Gasteiger charge is -2.10. The second-order valence-corrected chi connectivity index (χ2v) is 4.69. The summed E-state index contributed by atoms with van der Waals surface area (Å²) in [4.78, 5) is 4.25. The van der Waals surface area contributed by atoms with Gasteiger partial charge in [-0.2, -0.15) is 0 Å². The van der Waals surface area contributed by atoms with E-state index in [1.54, 1.807) is 6.20 Å². The van der Waals surface area contributed by atoms with E-state index in [9.17, 15) is 0 Å². The average molecular weight is 302 g/mol. The Morgan fingerprint density at radius 2 is 2.24 bits per heavy atom. The molecule has 0 aliphatic carbocycles. The number of rotatable bonds is 7. The zero-order valence-corrected chi connectivity index (χ0v) is 12.0. The Labute approximate surface area is 111 Å². The van der Waals surface area contributed by atoms with E-state index in [0.717, 1.165) is 48.5 Å². The molecular weight excluding hydrogens is 282 g/mol. The summed E-state index contributed by atoms with van der Waals surface area (Å²) < 4.78 is 6.34. The molecule has 5 heteroatoms. The summed E-state index contributed by atoms with van der Waals surface area (Å²) in [5, 5.41) is 3.26. The number of pyridine rings is 1. The number of nitrogens with zero attached hydrogens (tertiary/aromatic N) is 1. The van der Waals surface area contributed by atoms with Crippen LogP contribution < -0.4 is 11.1 Å². The normalized spacial score (nSPS) is 10.5. The molecule has 0 fully saturated rings. The molecule has 0 aromatic carbocycles. The van der Waals surface area contributed by atoms with Crippen molar-refractivity contribution in [2.45, 2.75) is 26.7 Å². The standard InChI is InChI=1S/C12H20BrN3O/c1-3-6-17-7-4-5-15-12-11(13)9(2)10(14)8-16-12/h8H,3-7,14H2,1-2H3,(H,15,16). The van der Waals surface area contributed by atoms with E-state index in [4.69, 9.17) is 10.5 Å². The smallest absolute Gasteiger partial charge is 0.140 e. The molecule has 1 aromatic rings. The first-order valence-corrected chi connectivity index (χ1v) is 6.68. The highest BCUT2D eigenvalue weighted by Crippen LogP contribution is 2.27. The molecule has 3 N–H and O–H groups in total. The van der Waals surface area contributed by atoms with Crippen LogP contribution in [0.5, 0.6) is 0 Å². The predicted molar refractivity (Wildman–Crippen MR) is 75.3 cm³/mol. The van der Waals surface area contributed by atoms with Gasteiger partial charge in [0.05, 0.1) is 16.4 Å². The number of aromatic nitrogens is 1. The molecule has 96 valence electrons. The molecule has 0 radical (unpaired) electrons. The summed E-state index contributed by atoms with van der Waals surface area (Å²) in [5.41, 5.74) is 7.48. The first-order chi connectivity index (χ1) is 8.16. The third kappa shape index (κ3) is 4.52. The van der Waals surface area contributed by atoms with Crippen molar-refractivity contribution in [1.82, 2.24) is 4.98 Å². The topological polar surface area (TPSA) is 60.2 Å². The summed E-state index contributed by atoms with van der Waals surface area (Å²) in [6.07, 6.45) is 3.71. The number of hydrogen-bond donors (Lipinski definition) is 2. The van der Waals surface area contributed by atoms with Crippen molar-refractivity contribution in [2.75, 3.05) is 30.8 Å². The van der Waals surface area contributed by atoms with E-state index < -0.39 is 0 Å². The van der Waals surface area contributed by atoms with Crippen molar-refractivity contribution >= 4 is 27.4 Å². The van der Waals surface area contributed by atoms with Crippen LogP contribution in [0.25, 0.3) is 0 Å². The molecule has 0 atom stereocenters. The Kier molecular flexibility index (Phi) is 6.29. The van der Waals surface area contributed by atoms with Gasteiger partial charge in [0.1, 0.15) is 5.82 Å². The fourth-order valence-corrected chi connectivity index (χ4v) is 1.81. The minimum Gasteiger partial charge on any atom is -0.397 e. The van der Waals surface area contributed by atoms with Crippen molar-refractivity contribution in [2.24, 2.45) is 0 Å². The van der Waals surface area contributed by atoms with E-state index in [1.165, 1.54) is 0 Å². The maximum atomic E-state index is 5.76. The van der Waals surface area contributed by atoms with E-state index >= 15 is 0 Å². The van der Waals surface area contributed by atoms with Gasteiger partial charge in [-0.15, -0.1) is 0 Å². The van der Waals surface area contributed by atoms with Crippen LogP contribution in [-0.4, -0.2) is 24.7 Å². The minimum atomic E-state index is 0.703. The Morgan fingerprint density at radius 3 is 2.94 bits per heavy atom. The third-order valence-corrected chi connectivity index (χ3v) is 3.38. The molecule has 0 bridgehead atoms. The molecule has 0 amide bonds. The second-order valence-electron chi connectivity index (χ2n) is 3.89. The maximum absolute atomic E-state index is 5.76. The molecule has 1 heterocycles. The molecule has 17 heavy (non-hydrogen) atoms. The Bertz CT molecular complexity index is 358. The summed E-state index contributed by atoms with van der Waals surface area (Å²) in [7, 11) is 0. The van der Waals surface area contributed by atoms with Gasteiger partial charge in [-0.05, 0) is 41.3 Å². The number of nitrogens with two attached hydrogens (primary N) is 1. The first kappa shape index (κ1) is 14.3. The SMILES string of the molecule is CCCOCCCNc1ncc(N)c(C)c1Br. The van der Waals surface area contributed by atoms with Crippen LogP contribution >= 0.6 is 15.9 Å². The molecule has 0 saturated carbocycles. The maximum Gasteiger partial charge on any atom is 0.140 e. The monoisotopic (exact) mass is 301 g/mol. The van der Waals surface area contributed by atoms with E-state index in [1.807, 2.05) is 6.92 Å². The lowest BCUT2D eigenvalue weighted by Crippen LogP contribution is -2.08. The summed E-state index contributed by atoms with van der Waals surface area (Å²) in [5.74, 6) is 0.840. The Morgan fingerprint density at radius 1 is 1.47 bits per heavy atom. The Hall–Kier alpha value is -0.810. The van der Waals surface area contributed by atoms with Gasteiger partial charge in [-0.1, -0.05) is 6.92 Å². The van der Waals surface area contributed by atoms with Crippen LogP contribution in [0, 0.1) is 6.92 Å². The summed E-state index contributed by atoms with van der Waals surface area (Å²) >= 11 is 3.49. The van der Waals surface area contributed by atoms with Gasteiger partial charge in [-0.3, -0.25) is 0 Å². The fourth-order valence-electron chi connectivity index (χ4n) is 1.34. The lowest BCUT2D eigenvalue weighted by molar-refractivity contribution is 0.134. The number of hydrogen-bond acceptors (Lipinski definition) is 4. The first-order valence-electron chi connectivity index (χ1n) is 5.89. The molecule has 0 spiro atoms. The molecule has 4 nitrogen and oxygen atoms in total. The van der Waals surface area contributed by atoms with E-state index in [0.29, 0.717) is 5.69 Å². The zero-order valence-electron chi connectivity index (χ0n) is 10.4. The molecule has 0 saturated heterocycles. The molecule has 0 aliphatic rings. The van der Waals surface area contributed by atoms with Crippen molar-refractivity contribution in [1.29, 1.82) is 0 Å². The van der Waals surface area contributed by atoms with Crippen molar-refractivity contribution in [3.8, 4) is 0 Å². The van der Waals surface area contributed by atoms with Crippen LogP contribution in [0.15, 0.2) is 10.7 Å². The largest absolute Gasteiger partial charge is 0.397 e. The summed E-state index contributed by atoms with van der Waals surface area (Å²) in [6.45, 7) is 6.54. The molecule has 0 unspecified atom stereocenters. The van der Waals surface area contributed by atoms with Crippen molar-refractivity contribution < 1.29 is 4.74 Å². The van der Waals surface area contributed by atoms with Gasteiger partial charge in [0, 0.05) is 19.8 Å². The van der Waals surface area contributed by atoms with Gasteiger partial charge in [0.15, 0.2) is 0 Å². The van der Waals surface area contributed by atoms with E-state index in [2.05, 4.69) is 33.2 Å². The van der Waals surface area contributed by atoms with Crippen LogP contribution in [-0.2, 0) is 4.74 Å². The van der Waals surface area contributed by atoms with Crippen molar-refractivity contribution in [3.05, 3.63) is 16.2 Å². The number of nitrogens with one attached hydrogen (secondary N) is 1. The number of nitrogen functional groups attached to an aromatic ring is 1. The highest BCUT2D eigenvalue weighted by atomic mass is 79.9. The van der Waals surface area contributed by atoms with Gasteiger partial charge < -0.3 is 15.8 Å². The van der Waals surface area contributed by atoms with Gasteiger partial charge in [0.25, 0.3) is 0 Å². The molecule has 0 aliphatic heterocycles.